The third-order valence-corrected chi connectivity index (χ3v) is 4.80. The van der Waals surface area contributed by atoms with Crippen molar-refractivity contribution in [3.05, 3.63) is 42.4 Å². The summed E-state index contributed by atoms with van der Waals surface area (Å²) in [4.78, 5) is 28.4. The lowest BCUT2D eigenvalue weighted by Gasteiger charge is -2.18. The molecule has 9 heteroatoms. The zero-order valence-corrected chi connectivity index (χ0v) is 14.9. The van der Waals surface area contributed by atoms with E-state index in [0.717, 1.165) is 10.5 Å². The van der Waals surface area contributed by atoms with Crippen LogP contribution in [-0.2, 0) is 16.0 Å². The number of benzene rings is 1. The fourth-order valence-corrected chi connectivity index (χ4v) is 3.30. The molecule has 150 valence electrons. The summed E-state index contributed by atoms with van der Waals surface area (Å²) in [5.74, 6) is -4.65. The quantitative estimate of drug-likeness (QED) is 0.809. The minimum absolute atomic E-state index is 0.0000332. The van der Waals surface area contributed by atoms with Gasteiger partial charge in [-0.1, -0.05) is 30.3 Å². The van der Waals surface area contributed by atoms with Crippen molar-refractivity contribution in [1.82, 2.24) is 9.88 Å². The summed E-state index contributed by atoms with van der Waals surface area (Å²) in [5.41, 5.74) is 0.868. The van der Waals surface area contributed by atoms with Gasteiger partial charge in [-0.05, 0) is 6.42 Å². The molecule has 6 nitrogen and oxygen atoms in total. The van der Waals surface area contributed by atoms with Gasteiger partial charge in [-0.15, -0.1) is 0 Å². The number of nitrogens with zero attached hydrogens (tertiary/aromatic N) is 2. The molecule has 28 heavy (non-hydrogen) atoms. The molecule has 0 radical (unpaired) electrons. The molecule has 1 aliphatic heterocycles. The Hall–Kier alpha value is -2.84. The standard InChI is InChI=1S/C19H19F3N2O4/c20-19(21,22)14-11-24(10-13(14)18(26)27)17(25)8-4-7-16-23-9-15(28-16)12-5-2-1-3-6-12/h1-3,5-6,9,13-14H,4,7-8,10-11H2,(H,26,27)/t13-,14-/m1/s1. The van der Waals surface area contributed by atoms with Crippen molar-refractivity contribution in [3.63, 3.8) is 0 Å². The molecule has 1 amide bonds. The zero-order valence-electron chi connectivity index (χ0n) is 14.9. The number of alkyl halides is 3. The minimum atomic E-state index is -4.65. The van der Waals surface area contributed by atoms with Crippen LogP contribution >= 0.6 is 0 Å². The average molecular weight is 396 g/mol. The number of carboxylic acid groups (broad SMARTS) is 1. The highest BCUT2D eigenvalue weighted by molar-refractivity contribution is 5.79. The minimum Gasteiger partial charge on any atom is -0.481 e. The van der Waals surface area contributed by atoms with Crippen molar-refractivity contribution in [1.29, 1.82) is 0 Å². The van der Waals surface area contributed by atoms with Crippen LogP contribution in [0.15, 0.2) is 40.9 Å². The number of carbonyl (C=O) groups excluding carboxylic acids is 1. The van der Waals surface area contributed by atoms with E-state index in [-0.39, 0.29) is 6.42 Å². The maximum absolute atomic E-state index is 13.0. The largest absolute Gasteiger partial charge is 0.481 e. The summed E-state index contributed by atoms with van der Waals surface area (Å²) < 4.78 is 44.6. The lowest BCUT2D eigenvalue weighted by atomic mass is 9.96. The van der Waals surface area contributed by atoms with Crippen LogP contribution in [0.3, 0.4) is 0 Å². The molecule has 0 bridgehead atoms. The molecule has 2 aromatic rings. The highest BCUT2D eigenvalue weighted by atomic mass is 19.4. The second-order valence-electron chi connectivity index (χ2n) is 6.73. The molecule has 1 aromatic heterocycles. The molecule has 3 rings (SSSR count). The number of carbonyl (C=O) groups is 2. The fourth-order valence-electron chi connectivity index (χ4n) is 3.30. The number of carboxylic acids is 1. The van der Waals surface area contributed by atoms with Crippen LogP contribution in [0.2, 0.25) is 0 Å². The van der Waals surface area contributed by atoms with Gasteiger partial charge in [0.15, 0.2) is 11.7 Å². The molecule has 1 N–H and O–H groups in total. The first-order chi connectivity index (χ1) is 13.3. The maximum atomic E-state index is 13.0. The van der Waals surface area contributed by atoms with E-state index in [9.17, 15) is 22.8 Å². The SMILES string of the molecule is O=C(O)[C@@H]1CN(C(=O)CCCc2ncc(-c3ccccc3)o2)C[C@H]1C(F)(F)F. The van der Waals surface area contributed by atoms with Gasteiger partial charge in [-0.3, -0.25) is 9.59 Å². The summed E-state index contributed by atoms with van der Waals surface area (Å²) in [5, 5.41) is 9.01. The molecule has 1 aliphatic rings. The summed E-state index contributed by atoms with van der Waals surface area (Å²) in [6.07, 6.45) is -2.36. The van der Waals surface area contributed by atoms with Gasteiger partial charge in [-0.25, -0.2) is 4.98 Å². The van der Waals surface area contributed by atoms with E-state index >= 15 is 0 Å². The molecular formula is C19H19F3N2O4. The molecule has 0 aliphatic carbocycles. The number of rotatable bonds is 6. The molecule has 0 saturated carbocycles. The lowest BCUT2D eigenvalue weighted by molar-refractivity contribution is -0.188. The summed E-state index contributed by atoms with van der Waals surface area (Å²) in [6.45, 7) is -1.04. The van der Waals surface area contributed by atoms with Gasteiger partial charge in [0, 0.05) is 31.5 Å². The Labute approximate surface area is 159 Å². The number of hydrogen-bond acceptors (Lipinski definition) is 4. The van der Waals surface area contributed by atoms with E-state index in [1.807, 2.05) is 30.3 Å². The smallest absolute Gasteiger partial charge is 0.394 e. The highest BCUT2D eigenvalue weighted by Gasteiger charge is 2.53. The van der Waals surface area contributed by atoms with Crippen LogP contribution < -0.4 is 0 Å². The van der Waals surface area contributed by atoms with Gasteiger partial charge in [0.05, 0.1) is 18.0 Å². The Kier molecular flexibility index (Phi) is 5.71. The predicted octanol–water partition coefficient (Wildman–Crippen LogP) is 3.39. The lowest BCUT2D eigenvalue weighted by Crippen LogP contribution is -2.34. The Bertz CT molecular complexity index is 835. The molecule has 0 spiro atoms. The van der Waals surface area contributed by atoms with E-state index in [1.54, 1.807) is 6.20 Å². The van der Waals surface area contributed by atoms with Crippen molar-refractivity contribution in [2.24, 2.45) is 11.8 Å². The Morgan fingerprint density at radius 1 is 1.21 bits per heavy atom. The first-order valence-electron chi connectivity index (χ1n) is 8.83. The Morgan fingerprint density at radius 3 is 2.54 bits per heavy atom. The molecular weight excluding hydrogens is 377 g/mol. The van der Waals surface area contributed by atoms with Gasteiger partial charge in [0.2, 0.25) is 5.91 Å². The fraction of sp³-hybridized carbons (Fsp3) is 0.421. The van der Waals surface area contributed by atoms with E-state index < -0.39 is 43.0 Å². The molecule has 0 unspecified atom stereocenters. The molecule has 2 atom stereocenters. The van der Waals surface area contributed by atoms with Gasteiger partial charge < -0.3 is 14.4 Å². The predicted molar refractivity (Wildman–Crippen MR) is 92.1 cm³/mol. The highest BCUT2D eigenvalue weighted by Crippen LogP contribution is 2.38. The number of likely N-dealkylation sites (tertiary alicyclic amines) is 1. The molecule has 1 saturated heterocycles. The first-order valence-corrected chi connectivity index (χ1v) is 8.83. The second-order valence-corrected chi connectivity index (χ2v) is 6.73. The van der Waals surface area contributed by atoms with Crippen LogP contribution in [0, 0.1) is 11.8 Å². The number of hydrogen-bond donors (Lipinski definition) is 1. The molecule has 1 fully saturated rings. The Morgan fingerprint density at radius 2 is 1.93 bits per heavy atom. The van der Waals surface area contributed by atoms with E-state index in [2.05, 4.69) is 4.98 Å². The maximum Gasteiger partial charge on any atom is 0.394 e. The first kappa shape index (κ1) is 19.9. The number of oxazole rings is 1. The summed E-state index contributed by atoms with van der Waals surface area (Å²) in [6, 6.07) is 9.35. The van der Waals surface area contributed by atoms with E-state index in [0.29, 0.717) is 24.5 Å². The number of halogens is 3. The van der Waals surface area contributed by atoms with Crippen LogP contribution in [0.1, 0.15) is 18.7 Å². The van der Waals surface area contributed by atoms with Crippen molar-refractivity contribution in [2.45, 2.75) is 25.4 Å². The number of amides is 1. The van der Waals surface area contributed by atoms with Crippen LogP contribution in [0.4, 0.5) is 13.2 Å². The van der Waals surface area contributed by atoms with E-state index in [1.165, 1.54) is 0 Å². The summed E-state index contributed by atoms with van der Waals surface area (Å²) in [7, 11) is 0. The topological polar surface area (TPSA) is 83.6 Å². The normalized spacial score (nSPS) is 19.8. The van der Waals surface area contributed by atoms with Crippen molar-refractivity contribution in [2.75, 3.05) is 13.1 Å². The van der Waals surface area contributed by atoms with Crippen LogP contribution in [0.25, 0.3) is 11.3 Å². The van der Waals surface area contributed by atoms with Gasteiger partial charge in [-0.2, -0.15) is 13.2 Å². The monoisotopic (exact) mass is 396 g/mol. The third-order valence-electron chi connectivity index (χ3n) is 4.80. The zero-order chi connectivity index (χ0) is 20.3. The van der Waals surface area contributed by atoms with Crippen molar-refractivity contribution >= 4 is 11.9 Å². The van der Waals surface area contributed by atoms with Gasteiger partial charge in [0.1, 0.15) is 0 Å². The van der Waals surface area contributed by atoms with Crippen LogP contribution in [-0.4, -0.2) is 46.1 Å². The number of aromatic nitrogens is 1. The summed E-state index contributed by atoms with van der Waals surface area (Å²) >= 11 is 0. The average Bonchev–Trinajstić information content (AvgIpc) is 3.29. The molecule has 1 aromatic carbocycles. The van der Waals surface area contributed by atoms with Crippen LogP contribution in [0.5, 0.6) is 0 Å². The third kappa shape index (κ3) is 4.52. The van der Waals surface area contributed by atoms with Crippen molar-refractivity contribution in [3.8, 4) is 11.3 Å². The number of aryl methyl sites for hydroxylation is 1. The molecule has 2 heterocycles. The van der Waals surface area contributed by atoms with E-state index in [4.69, 9.17) is 9.52 Å². The Balaban J connectivity index is 1.52. The van der Waals surface area contributed by atoms with Crippen molar-refractivity contribution < 1.29 is 32.3 Å². The number of aliphatic carboxylic acids is 1. The second kappa shape index (κ2) is 8.04. The van der Waals surface area contributed by atoms with Gasteiger partial charge >= 0.3 is 12.1 Å². The van der Waals surface area contributed by atoms with Gasteiger partial charge in [0.25, 0.3) is 0 Å².